The lowest BCUT2D eigenvalue weighted by Crippen LogP contribution is -2.14. The van der Waals surface area contributed by atoms with Crippen molar-refractivity contribution in [3.05, 3.63) is 51.3 Å². The second-order valence-corrected chi connectivity index (χ2v) is 5.80. The van der Waals surface area contributed by atoms with E-state index in [1.54, 1.807) is 6.20 Å². The van der Waals surface area contributed by atoms with Crippen molar-refractivity contribution >= 4 is 27.5 Å². The van der Waals surface area contributed by atoms with Gasteiger partial charge in [-0.2, -0.15) is 0 Å². The zero-order valence-electron chi connectivity index (χ0n) is 11.5. The van der Waals surface area contributed by atoms with Crippen molar-refractivity contribution < 1.29 is 9.13 Å². The van der Waals surface area contributed by atoms with Gasteiger partial charge in [0.05, 0.1) is 5.02 Å². The summed E-state index contributed by atoms with van der Waals surface area (Å²) < 4.78 is 19.7. The molecule has 1 aromatic carbocycles. The molecule has 0 bridgehead atoms. The summed E-state index contributed by atoms with van der Waals surface area (Å²) in [5.41, 5.74) is 0.915. The summed E-state index contributed by atoms with van der Waals surface area (Å²) in [5.74, 6) is 0.454. The van der Waals surface area contributed by atoms with E-state index < -0.39 is 5.82 Å². The standard InChI is InChI=1S/C15H15BrClFN2O/c1-2-5-19-8-10-6-11(16)9-20-15(10)21-12-3-4-14(18)13(17)7-12/h3-4,6-7,9,19H,2,5,8H2,1H3. The van der Waals surface area contributed by atoms with Crippen LogP contribution in [0.3, 0.4) is 0 Å². The molecule has 6 heteroatoms. The molecule has 0 amide bonds. The molecule has 1 N–H and O–H groups in total. The molecule has 0 saturated heterocycles. The Morgan fingerprint density at radius 1 is 1.38 bits per heavy atom. The van der Waals surface area contributed by atoms with Crippen molar-refractivity contribution in [2.75, 3.05) is 6.54 Å². The Bertz CT molecular complexity index is 625. The highest BCUT2D eigenvalue weighted by Gasteiger charge is 2.09. The zero-order chi connectivity index (χ0) is 15.2. The Morgan fingerprint density at radius 3 is 2.90 bits per heavy atom. The molecule has 1 heterocycles. The van der Waals surface area contributed by atoms with Crippen LogP contribution >= 0.6 is 27.5 Å². The number of hydrogen-bond acceptors (Lipinski definition) is 3. The van der Waals surface area contributed by atoms with Crippen molar-refractivity contribution in [2.45, 2.75) is 19.9 Å². The number of hydrogen-bond donors (Lipinski definition) is 1. The van der Waals surface area contributed by atoms with E-state index in [4.69, 9.17) is 16.3 Å². The maximum absolute atomic E-state index is 13.2. The minimum atomic E-state index is -0.474. The number of benzene rings is 1. The maximum Gasteiger partial charge on any atom is 0.223 e. The van der Waals surface area contributed by atoms with Gasteiger partial charge in [0.2, 0.25) is 5.88 Å². The van der Waals surface area contributed by atoms with Crippen LogP contribution in [0.15, 0.2) is 34.9 Å². The molecule has 3 nitrogen and oxygen atoms in total. The quantitative estimate of drug-likeness (QED) is 0.729. The molecule has 21 heavy (non-hydrogen) atoms. The number of pyridine rings is 1. The minimum Gasteiger partial charge on any atom is -0.439 e. The molecule has 2 rings (SSSR count). The Morgan fingerprint density at radius 2 is 2.19 bits per heavy atom. The number of rotatable bonds is 6. The molecule has 0 aliphatic rings. The summed E-state index contributed by atoms with van der Waals surface area (Å²) in [6, 6.07) is 6.17. The van der Waals surface area contributed by atoms with Crippen LogP contribution in [0, 0.1) is 5.82 Å². The molecule has 0 aliphatic heterocycles. The molecule has 1 aromatic heterocycles. The maximum atomic E-state index is 13.2. The van der Waals surface area contributed by atoms with Gasteiger partial charge in [-0.3, -0.25) is 0 Å². The molecule has 0 unspecified atom stereocenters. The lowest BCUT2D eigenvalue weighted by atomic mass is 10.2. The summed E-state index contributed by atoms with van der Waals surface area (Å²) in [6.07, 6.45) is 2.70. The Balaban J connectivity index is 2.19. The lowest BCUT2D eigenvalue weighted by Gasteiger charge is -2.11. The average molecular weight is 374 g/mol. The summed E-state index contributed by atoms with van der Waals surface area (Å²) in [4.78, 5) is 4.26. The van der Waals surface area contributed by atoms with Crippen molar-refractivity contribution in [1.82, 2.24) is 10.3 Å². The topological polar surface area (TPSA) is 34.2 Å². The van der Waals surface area contributed by atoms with Crippen LogP contribution < -0.4 is 10.1 Å². The van der Waals surface area contributed by atoms with E-state index in [9.17, 15) is 4.39 Å². The number of halogens is 3. The van der Waals surface area contributed by atoms with Crippen LogP contribution in [-0.4, -0.2) is 11.5 Å². The van der Waals surface area contributed by atoms with E-state index in [1.165, 1.54) is 18.2 Å². The van der Waals surface area contributed by atoms with E-state index in [1.807, 2.05) is 6.07 Å². The number of nitrogens with zero attached hydrogens (tertiary/aromatic N) is 1. The molecular formula is C15H15BrClFN2O. The molecular weight excluding hydrogens is 359 g/mol. The van der Waals surface area contributed by atoms with Crippen LogP contribution in [-0.2, 0) is 6.54 Å². The molecule has 0 atom stereocenters. The van der Waals surface area contributed by atoms with Gasteiger partial charge in [0.25, 0.3) is 0 Å². The molecule has 0 aliphatic carbocycles. The third kappa shape index (κ3) is 4.66. The second kappa shape index (κ2) is 7.73. The van der Waals surface area contributed by atoms with E-state index in [0.717, 1.165) is 23.0 Å². The number of nitrogens with one attached hydrogen (secondary N) is 1. The van der Waals surface area contributed by atoms with Gasteiger partial charge in [0, 0.05) is 28.8 Å². The zero-order valence-corrected chi connectivity index (χ0v) is 13.8. The Hall–Kier alpha value is -1.17. The van der Waals surface area contributed by atoms with E-state index in [-0.39, 0.29) is 5.02 Å². The van der Waals surface area contributed by atoms with Gasteiger partial charge in [0.1, 0.15) is 11.6 Å². The second-order valence-electron chi connectivity index (χ2n) is 4.47. The Labute approximate surface area is 136 Å². The van der Waals surface area contributed by atoms with Gasteiger partial charge in [-0.25, -0.2) is 9.37 Å². The van der Waals surface area contributed by atoms with Crippen molar-refractivity contribution in [2.24, 2.45) is 0 Å². The summed E-state index contributed by atoms with van der Waals surface area (Å²) >= 11 is 9.15. The van der Waals surface area contributed by atoms with Crippen LogP contribution in [0.25, 0.3) is 0 Å². The molecule has 0 saturated carbocycles. The molecule has 112 valence electrons. The predicted octanol–water partition coefficient (Wildman–Crippen LogP) is 4.93. The van der Waals surface area contributed by atoms with Gasteiger partial charge < -0.3 is 10.1 Å². The first-order chi connectivity index (χ1) is 10.1. The van der Waals surface area contributed by atoms with Gasteiger partial charge in [-0.1, -0.05) is 18.5 Å². The van der Waals surface area contributed by atoms with E-state index in [2.05, 4.69) is 33.2 Å². The van der Waals surface area contributed by atoms with Crippen LogP contribution in [0.1, 0.15) is 18.9 Å². The van der Waals surface area contributed by atoms with Crippen LogP contribution in [0.2, 0.25) is 5.02 Å². The lowest BCUT2D eigenvalue weighted by molar-refractivity contribution is 0.451. The fourth-order valence-corrected chi connectivity index (χ4v) is 2.29. The van der Waals surface area contributed by atoms with E-state index in [0.29, 0.717) is 18.2 Å². The Kier molecular flexibility index (Phi) is 5.96. The smallest absolute Gasteiger partial charge is 0.223 e. The first kappa shape index (κ1) is 16.2. The fourth-order valence-electron chi connectivity index (χ4n) is 1.74. The summed E-state index contributed by atoms with van der Waals surface area (Å²) in [7, 11) is 0. The van der Waals surface area contributed by atoms with Crippen LogP contribution in [0.4, 0.5) is 4.39 Å². The first-order valence-electron chi connectivity index (χ1n) is 6.58. The monoisotopic (exact) mass is 372 g/mol. The number of ether oxygens (including phenoxy) is 1. The average Bonchev–Trinajstić information content (AvgIpc) is 2.46. The SMILES string of the molecule is CCCNCc1cc(Br)cnc1Oc1ccc(F)c(Cl)c1. The summed E-state index contributed by atoms with van der Waals surface area (Å²) in [5, 5.41) is 3.32. The summed E-state index contributed by atoms with van der Waals surface area (Å²) in [6.45, 7) is 3.66. The normalized spacial score (nSPS) is 10.7. The molecule has 0 fully saturated rings. The van der Waals surface area contributed by atoms with Crippen molar-refractivity contribution in [3.8, 4) is 11.6 Å². The van der Waals surface area contributed by atoms with Gasteiger partial charge in [0.15, 0.2) is 0 Å². The van der Waals surface area contributed by atoms with Crippen LogP contribution in [0.5, 0.6) is 11.6 Å². The fraction of sp³-hybridized carbons (Fsp3) is 0.267. The highest BCUT2D eigenvalue weighted by Crippen LogP contribution is 2.28. The molecule has 2 aromatic rings. The minimum absolute atomic E-state index is 0.0234. The van der Waals surface area contributed by atoms with Gasteiger partial charge in [-0.15, -0.1) is 0 Å². The van der Waals surface area contributed by atoms with E-state index >= 15 is 0 Å². The third-order valence-electron chi connectivity index (χ3n) is 2.74. The molecule has 0 radical (unpaired) electrons. The number of aromatic nitrogens is 1. The molecule has 0 spiro atoms. The van der Waals surface area contributed by atoms with Crippen molar-refractivity contribution in [1.29, 1.82) is 0 Å². The third-order valence-corrected chi connectivity index (χ3v) is 3.46. The highest BCUT2D eigenvalue weighted by molar-refractivity contribution is 9.10. The first-order valence-corrected chi connectivity index (χ1v) is 7.75. The van der Waals surface area contributed by atoms with Crippen molar-refractivity contribution in [3.63, 3.8) is 0 Å². The largest absolute Gasteiger partial charge is 0.439 e. The van der Waals surface area contributed by atoms with Gasteiger partial charge in [-0.05, 0) is 47.1 Å². The predicted molar refractivity (Wildman–Crippen MR) is 85.4 cm³/mol. The highest BCUT2D eigenvalue weighted by atomic mass is 79.9. The van der Waals surface area contributed by atoms with Gasteiger partial charge >= 0.3 is 0 Å².